The van der Waals surface area contributed by atoms with Crippen molar-refractivity contribution >= 4 is 0 Å². The third-order valence-electron chi connectivity index (χ3n) is 0. The third kappa shape index (κ3) is 274. The summed E-state index contributed by atoms with van der Waals surface area (Å²) < 4.78 is 51.1. The molecule has 0 rings (SSSR count). The van der Waals surface area contributed by atoms with Crippen LogP contribution < -0.4 is 25.2 Å². The molecule has 0 amide bonds. The molecule has 0 unspecified atom stereocenters. The third-order valence-corrected chi connectivity index (χ3v) is 0. The largest absolute Gasteiger partial charge is 2.00 e. The molecule has 0 saturated heterocycles. The van der Waals surface area contributed by atoms with Gasteiger partial charge in [0.1, 0.15) is 0 Å². The molecule has 0 heterocycles. The Hall–Kier alpha value is 1.62. The van der Waals surface area contributed by atoms with Gasteiger partial charge in [-0.05, 0) is 0 Å². The molecule has 0 spiro atoms. The van der Waals surface area contributed by atoms with Gasteiger partial charge in [-0.3, -0.25) is 0 Å². The molecule has 2 N–H and O–H groups in total. The first-order chi connectivity index (χ1) is 3.46. The van der Waals surface area contributed by atoms with Gasteiger partial charge in [-0.15, -0.1) is 0 Å². The van der Waals surface area contributed by atoms with Crippen molar-refractivity contribution in [1.29, 1.82) is 0 Å². The molecule has 0 aliphatic rings. The van der Waals surface area contributed by atoms with Crippen molar-refractivity contribution in [2.75, 3.05) is 0 Å². The summed E-state index contributed by atoms with van der Waals surface area (Å²) in [5, 5.41) is 0. The second-order valence-electron chi connectivity index (χ2n) is 0.378. The molecular weight excluding hydrogens is 472 g/mol. The zero-order valence-corrected chi connectivity index (χ0v) is 13.1. The minimum absolute atomic E-state index is 0. The predicted octanol–water partition coefficient (Wildman–Crippen LogP) is -7.96. The van der Waals surface area contributed by atoms with Gasteiger partial charge in [0.2, 0.25) is 29.6 Å². The van der Waals surface area contributed by atoms with Crippen LogP contribution in [0.15, 0.2) is 0 Å². The molecule has 0 aromatic rings. The van der Waals surface area contributed by atoms with E-state index in [1.807, 2.05) is 0 Å². The van der Waals surface area contributed by atoms with Gasteiger partial charge in [0, 0.05) is 0 Å². The molecule has 0 saturated carbocycles. The number of hydrogen-bond donors (Lipinski definition) is 0. The Kier molecular flexibility index (Phi) is 38.2. The minimum Gasteiger partial charge on any atom is -0.412 e. The van der Waals surface area contributed by atoms with E-state index in [4.69, 9.17) is 25.2 Å². The van der Waals surface area contributed by atoms with Crippen molar-refractivity contribution in [2.45, 2.75) is 0 Å². The first-order valence-electron chi connectivity index (χ1n) is 0.926. The Labute approximate surface area is 87.4 Å². The quantitative estimate of drug-likeness (QED) is 0.316. The first-order valence-corrected chi connectivity index (χ1v) is 4.81. The van der Waals surface area contributed by atoms with E-state index in [1.165, 1.54) is 0 Å². The van der Waals surface area contributed by atoms with E-state index in [-0.39, 0.29) is 33.1 Å². The summed E-state index contributed by atoms with van der Waals surface area (Å²) in [6.45, 7) is 0. The maximum absolute atomic E-state index is 8.52. The van der Waals surface area contributed by atoms with Crippen molar-refractivity contribution in [3.05, 3.63) is 0 Å². The Morgan fingerprint density at radius 1 is 0.600 bits per heavy atom. The second-order valence-corrected chi connectivity index (χ2v) is 1.96. The molecule has 0 bridgehead atoms. The van der Waals surface area contributed by atoms with E-state index in [1.54, 1.807) is 0 Å². The molecule has 0 aromatic heterocycles. The fourth-order valence-corrected chi connectivity index (χ4v) is 0. The fourth-order valence-electron chi connectivity index (χ4n) is 0. The van der Waals surface area contributed by atoms with Crippen LogP contribution in [-0.4, -0.2) is 5.48 Å². The average Bonchev–Trinajstić information content (AvgIpc) is 1.25. The van der Waals surface area contributed by atoms with Gasteiger partial charge in [0.25, 0.3) is 0 Å². The summed E-state index contributed by atoms with van der Waals surface area (Å²) in [7, 11) is 0. The van der Waals surface area contributed by atoms with Gasteiger partial charge >= 0.3 is 27.7 Å². The van der Waals surface area contributed by atoms with E-state index < -0.39 is 29.6 Å². The zero-order chi connectivity index (χ0) is 7.15. The van der Waals surface area contributed by atoms with Crippen LogP contribution in [0.25, 0.3) is 0 Å². The smallest absolute Gasteiger partial charge is 0.412 e. The Balaban J connectivity index is -0.0000000300. The Morgan fingerprint density at radius 2 is 0.600 bits per heavy atom. The van der Waals surface area contributed by atoms with E-state index in [0.717, 1.165) is 0 Å². The van der Waals surface area contributed by atoms with Gasteiger partial charge in [-0.2, -0.15) is 0 Å². The van der Waals surface area contributed by atoms with Crippen LogP contribution in [0.3, 0.4) is 0 Å². The Morgan fingerprint density at radius 3 is 0.600 bits per heavy atom. The Bertz CT molecular complexity index is 27.1. The van der Waals surface area contributed by atoms with E-state index in [9.17, 15) is 0 Å². The standard InChI is InChI=1S/2BrO3.Hg.H2O/c2*2-1(3)4;;/h;;;1H2/q2*-1;+2;. The van der Waals surface area contributed by atoms with Gasteiger partial charge in [0.05, 0.1) is 0 Å². The van der Waals surface area contributed by atoms with Crippen molar-refractivity contribution in [1.82, 2.24) is 0 Å². The maximum Gasteiger partial charge on any atom is 2.00 e. The number of hydrogen-bond acceptors (Lipinski definition) is 6. The van der Waals surface area contributed by atoms with E-state index in [2.05, 4.69) is 0 Å². The van der Waals surface area contributed by atoms with Crippen LogP contribution in [0.1, 0.15) is 0 Å². The molecule has 0 aliphatic carbocycles. The van der Waals surface area contributed by atoms with Crippen LogP contribution in [0.5, 0.6) is 0 Å². The van der Waals surface area contributed by atoms with Crippen molar-refractivity contribution in [2.24, 2.45) is 0 Å². The van der Waals surface area contributed by atoms with Crippen LogP contribution in [-0.2, 0) is 27.7 Å². The van der Waals surface area contributed by atoms with Crippen LogP contribution >= 0.6 is 0 Å². The van der Waals surface area contributed by atoms with Crippen molar-refractivity contribution < 1.29 is 88.0 Å². The van der Waals surface area contributed by atoms with Crippen LogP contribution in [0.4, 0.5) is 0 Å². The predicted molar refractivity (Wildman–Crippen MR) is 3.61 cm³/mol. The molecular formula is H2Br2HgO7. The summed E-state index contributed by atoms with van der Waals surface area (Å²) in [5.41, 5.74) is 0. The number of halogens is 2. The molecule has 7 nitrogen and oxygen atoms in total. The first kappa shape index (κ1) is 22.6. The monoisotopic (exact) mass is 474 g/mol. The topological polar surface area (TPSA) is 170 Å². The summed E-state index contributed by atoms with van der Waals surface area (Å²) in [4.78, 5) is 0. The fraction of sp³-hybridized carbons (Fsp3) is 0. The van der Waals surface area contributed by atoms with Gasteiger partial charge < -0.3 is 30.7 Å². The van der Waals surface area contributed by atoms with Gasteiger partial charge in [-0.25, -0.2) is 0 Å². The van der Waals surface area contributed by atoms with Crippen LogP contribution in [0.2, 0.25) is 0 Å². The van der Waals surface area contributed by atoms with E-state index in [0.29, 0.717) is 0 Å². The summed E-state index contributed by atoms with van der Waals surface area (Å²) in [6, 6.07) is 0. The average molecular weight is 474 g/mol. The molecule has 0 atom stereocenters. The van der Waals surface area contributed by atoms with Crippen molar-refractivity contribution in [3.8, 4) is 0 Å². The van der Waals surface area contributed by atoms with Gasteiger partial charge in [0.15, 0.2) is 0 Å². The zero-order valence-electron chi connectivity index (χ0n) is 4.41. The van der Waals surface area contributed by atoms with Crippen molar-refractivity contribution in [3.63, 3.8) is 0 Å². The van der Waals surface area contributed by atoms with Crippen LogP contribution in [0, 0.1) is 29.6 Å². The molecule has 0 aromatic carbocycles. The minimum atomic E-state index is -3.65. The molecule has 0 fully saturated rings. The summed E-state index contributed by atoms with van der Waals surface area (Å²) in [5.74, 6) is 0. The second kappa shape index (κ2) is 16.9. The molecule has 0 aliphatic heterocycles. The van der Waals surface area contributed by atoms with E-state index >= 15 is 0 Å². The molecule has 10 heavy (non-hydrogen) atoms. The van der Waals surface area contributed by atoms with Gasteiger partial charge in [-0.1, -0.05) is 0 Å². The summed E-state index contributed by atoms with van der Waals surface area (Å²) in [6.07, 6.45) is 0. The summed E-state index contributed by atoms with van der Waals surface area (Å²) >= 11 is -7.29. The molecule has 60 valence electrons. The SMILES string of the molecule is O.[Hg+2].[O-][Br+2]([O-])[O-].[O-][Br+2]([O-])[O-]. The maximum atomic E-state index is 8.52. The number of rotatable bonds is 0. The normalized spacial score (nSPS) is 7.20. The molecule has 0 radical (unpaired) electrons. The molecule has 10 heteroatoms.